The van der Waals surface area contributed by atoms with Crippen molar-refractivity contribution in [3.8, 4) is 0 Å². The first-order chi connectivity index (χ1) is 12.6. The smallest absolute Gasteiger partial charge is 0.220 e. The lowest BCUT2D eigenvalue weighted by molar-refractivity contribution is -0.122. The minimum atomic E-state index is 0.0202. The maximum Gasteiger partial charge on any atom is 0.220 e. The van der Waals surface area contributed by atoms with Crippen LogP contribution in [-0.2, 0) is 14.9 Å². The van der Waals surface area contributed by atoms with E-state index in [4.69, 9.17) is 4.74 Å². The third kappa shape index (κ3) is 3.81. The Bertz CT molecular complexity index is 627. The van der Waals surface area contributed by atoms with Crippen LogP contribution in [0.15, 0.2) is 24.3 Å². The lowest BCUT2D eigenvalue weighted by Gasteiger charge is -2.39. The number of aryl methyl sites for hydroxylation is 1. The van der Waals surface area contributed by atoms with Gasteiger partial charge >= 0.3 is 0 Å². The SMILES string of the molecule is Cc1ccccc1C1(CNC(=O)CC2CC3CCC(C2)N3)CCOCC1. The van der Waals surface area contributed by atoms with E-state index in [-0.39, 0.29) is 11.3 Å². The van der Waals surface area contributed by atoms with Crippen LogP contribution < -0.4 is 10.6 Å². The van der Waals surface area contributed by atoms with Gasteiger partial charge in [0.25, 0.3) is 0 Å². The van der Waals surface area contributed by atoms with E-state index in [1.54, 1.807) is 0 Å². The van der Waals surface area contributed by atoms with Gasteiger partial charge in [-0.1, -0.05) is 24.3 Å². The van der Waals surface area contributed by atoms with Crippen molar-refractivity contribution in [3.63, 3.8) is 0 Å². The Morgan fingerprint density at radius 3 is 2.58 bits per heavy atom. The number of amides is 1. The highest BCUT2D eigenvalue weighted by Crippen LogP contribution is 2.36. The molecule has 0 radical (unpaired) electrons. The summed E-state index contributed by atoms with van der Waals surface area (Å²) in [5.41, 5.74) is 2.72. The summed E-state index contributed by atoms with van der Waals surface area (Å²) < 4.78 is 5.63. The molecule has 3 heterocycles. The first-order valence-corrected chi connectivity index (χ1v) is 10.3. The van der Waals surface area contributed by atoms with E-state index in [2.05, 4.69) is 41.8 Å². The van der Waals surface area contributed by atoms with Crippen molar-refractivity contribution in [1.29, 1.82) is 0 Å². The van der Waals surface area contributed by atoms with E-state index in [1.807, 2.05) is 0 Å². The van der Waals surface area contributed by atoms with Crippen molar-refractivity contribution in [1.82, 2.24) is 10.6 Å². The van der Waals surface area contributed by atoms with Gasteiger partial charge in [-0.3, -0.25) is 4.79 Å². The largest absolute Gasteiger partial charge is 0.381 e. The van der Waals surface area contributed by atoms with Crippen LogP contribution in [0.2, 0.25) is 0 Å². The predicted octanol–water partition coefficient (Wildman–Crippen LogP) is 3.08. The summed E-state index contributed by atoms with van der Waals surface area (Å²) in [6.45, 7) is 4.47. The van der Waals surface area contributed by atoms with Gasteiger partial charge in [0.1, 0.15) is 0 Å². The van der Waals surface area contributed by atoms with Gasteiger partial charge in [-0.15, -0.1) is 0 Å². The Kier molecular flexibility index (Phi) is 5.32. The second-order valence-corrected chi connectivity index (χ2v) is 8.66. The van der Waals surface area contributed by atoms with E-state index in [9.17, 15) is 4.79 Å². The summed E-state index contributed by atoms with van der Waals surface area (Å²) in [5, 5.41) is 6.97. The molecule has 1 aromatic carbocycles. The van der Waals surface area contributed by atoms with Gasteiger partial charge in [0.2, 0.25) is 5.91 Å². The molecule has 142 valence electrons. The number of rotatable bonds is 5. The number of nitrogens with one attached hydrogen (secondary N) is 2. The van der Waals surface area contributed by atoms with E-state index < -0.39 is 0 Å². The highest BCUT2D eigenvalue weighted by molar-refractivity contribution is 5.76. The van der Waals surface area contributed by atoms with E-state index in [1.165, 1.54) is 36.8 Å². The molecule has 2 bridgehead atoms. The van der Waals surface area contributed by atoms with Crippen LogP contribution in [0.25, 0.3) is 0 Å². The van der Waals surface area contributed by atoms with Crippen LogP contribution in [0.3, 0.4) is 0 Å². The Morgan fingerprint density at radius 2 is 1.88 bits per heavy atom. The summed E-state index contributed by atoms with van der Waals surface area (Å²) in [7, 11) is 0. The zero-order chi connectivity index (χ0) is 18.0. The summed E-state index contributed by atoms with van der Waals surface area (Å²) in [6, 6.07) is 9.93. The van der Waals surface area contributed by atoms with E-state index in [0.29, 0.717) is 24.4 Å². The minimum absolute atomic E-state index is 0.0202. The molecule has 1 amide bonds. The molecular formula is C22H32N2O2. The molecule has 3 aliphatic rings. The molecule has 26 heavy (non-hydrogen) atoms. The molecule has 4 rings (SSSR count). The fourth-order valence-corrected chi connectivity index (χ4v) is 5.42. The van der Waals surface area contributed by atoms with Crippen molar-refractivity contribution in [3.05, 3.63) is 35.4 Å². The molecule has 2 atom stereocenters. The Morgan fingerprint density at radius 1 is 1.19 bits per heavy atom. The van der Waals surface area contributed by atoms with Crippen molar-refractivity contribution in [2.45, 2.75) is 69.4 Å². The van der Waals surface area contributed by atoms with Crippen molar-refractivity contribution in [2.24, 2.45) is 5.92 Å². The Hall–Kier alpha value is -1.39. The number of hydrogen-bond donors (Lipinski definition) is 2. The molecule has 4 heteroatoms. The van der Waals surface area contributed by atoms with Gasteiger partial charge in [-0.05, 0) is 62.5 Å². The maximum absolute atomic E-state index is 12.7. The fraction of sp³-hybridized carbons (Fsp3) is 0.682. The summed E-state index contributed by atoms with van der Waals surface area (Å²) in [6.07, 6.45) is 7.57. The van der Waals surface area contributed by atoms with Gasteiger partial charge in [-0.2, -0.15) is 0 Å². The molecule has 2 unspecified atom stereocenters. The third-order valence-corrected chi connectivity index (χ3v) is 6.84. The third-order valence-electron chi connectivity index (χ3n) is 6.84. The van der Waals surface area contributed by atoms with E-state index >= 15 is 0 Å². The van der Waals surface area contributed by atoms with Gasteiger partial charge in [0, 0.05) is 43.7 Å². The number of ether oxygens (including phenoxy) is 1. The maximum atomic E-state index is 12.7. The molecule has 3 aliphatic heterocycles. The molecule has 0 saturated carbocycles. The first-order valence-electron chi connectivity index (χ1n) is 10.3. The molecule has 0 aliphatic carbocycles. The first kappa shape index (κ1) is 18.0. The molecule has 0 aromatic heterocycles. The number of carbonyl (C=O) groups excluding carboxylic acids is 1. The Balaban J connectivity index is 1.39. The normalized spacial score (nSPS) is 30.1. The zero-order valence-corrected chi connectivity index (χ0v) is 15.9. The van der Waals surface area contributed by atoms with Crippen LogP contribution in [-0.4, -0.2) is 37.7 Å². The van der Waals surface area contributed by atoms with Crippen LogP contribution in [0, 0.1) is 12.8 Å². The monoisotopic (exact) mass is 356 g/mol. The zero-order valence-electron chi connectivity index (χ0n) is 15.9. The van der Waals surface area contributed by atoms with Crippen molar-refractivity contribution >= 4 is 5.91 Å². The fourth-order valence-electron chi connectivity index (χ4n) is 5.42. The minimum Gasteiger partial charge on any atom is -0.381 e. The average molecular weight is 357 g/mol. The molecule has 1 aromatic rings. The quantitative estimate of drug-likeness (QED) is 0.852. The van der Waals surface area contributed by atoms with Crippen LogP contribution >= 0.6 is 0 Å². The van der Waals surface area contributed by atoms with Gasteiger partial charge in [-0.25, -0.2) is 0 Å². The lowest BCUT2D eigenvalue weighted by atomic mass is 9.72. The molecule has 4 nitrogen and oxygen atoms in total. The second-order valence-electron chi connectivity index (χ2n) is 8.66. The van der Waals surface area contributed by atoms with Crippen molar-refractivity contribution < 1.29 is 9.53 Å². The molecule has 3 fully saturated rings. The number of piperidine rings is 1. The topological polar surface area (TPSA) is 50.4 Å². The standard InChI is InChI=1S/C22H32N2O2/c1-16-4-2-3-5-20(16)22(8-10-26-11-9-22)15-23-21(25)14-17-12-18-6-7-19(13-17)24-18/h2-5,17-19,24H,6-15H2,1H3,(H,23,25). The molecular weight excluding hydrogens is 324 g/mol. The van der Waals surface area contributed by atoms with Crippen molar-refractivity contribution in [2.75, 3.05) is 19.8 Å². The summed E-state index contributed by atoms with van der Waals surface area (Å²) >= 11 is 0. The van der Waals surface area contributed by atoms with Crippen LogP contribution in [0.5, 0.6) is 0 Å². The summed E-state index contributed by atoms with van der Waals surface area (Å²) in [5.74, 6) is 0.786. The van der Waals surface area contributed by atoms with Gasteiger partial charge in [0.05, 0.1) is 0 Å². The lowest BCUT2D eigenvalue weighted by Crippen LogP contribution is -2.46. The second kappa shape index (κ2) is 7.69. The number of fused-ring (bicyclic) bond motifs is 2. The summed E-state index contributed by atoms with van der Waals surface area (Å²) in [4.78, 5) is 12.7. The highest BCUT2D eigenvalue weighted by Gasteiger charge is 2.37. The Labute approximate surface area is 157 Å². The van der Waals surface area contributed by atoms with Gasteiger partial charge in [0.15, 0.2) is 0 Å². The number of benzene rings is 1. The number of carbonyl (C=O) groups is 1. The molecule has 2 N–H and O–H groups in total. The average Bonchev–Trinajstić information content (AvgIpc) is 2.99. The van der Waals surface area contributed by atoms with Crippen LogP contribution in [0.4, 0.5) is 0 Å². The highest BCUT2D eigenvalue weighted by atomic mass is 16.5. The van der Waals surface area contributed by atoms with E-state index in [0.717, 1.165) is 32.6 Å². The van der Waals surface area contributed by atoms with Gasteiger partial charge < -0.3 is 15.4 Å². The number of hydrogen-bond acceptors (Lipinski definition) is 3. The molecule has 0 spiro atoms. The van der Waals surface area contributed by atoms with Crippen LogP contribution in [0.1, 0.15) is 56.1 Å². The molecule has 3 saturated heterocycles. The predicted molar refractivity (Wildman–Crippen MR) is 103 cm³/mol.